The van der Waals surface area contributed by atoms with Crippen LogP contribution >= 0.6 is 11.8 Å². The first-order chi connectivity index (χ1) is 11.7. The van der Waals surface area contributed by atoms with Crippen molar-refractivity contribution in [3.8, 4) is 0 Å². The van der Waals surface area contributed by atoms with Crippen molar-refractivity contribution >= 4 is 36.1 Å². The maximum Gasteiger partial charge on any atom is 0.252 e. The summed E-state index contributed by atoms with van der Waals surface area (Å²) in [5, 5.41) is 2.79. The third kappa shape index (κ3) is 5.35. The van der Waals surface area contributed by atoms with E-state index in [9.17, 15) is 9.59 Å². The smallest absolute Gasteiger partial charge is 0.252 e. The van der Waals surface area contributed by atoms with Crippen molar-refractivity contribution in [2.45, 2.75) is 12.5 Å². The highest BCUT2D eigenvalue weighted by atomic mass is 32.2. The van der Waals surface area contributed by atoms with Crippen LogP contribution in [0.1, 0.15) is 28.0 Å². The van der Waals surface area contributed by atoms with Gasteiger partial charge in [0.25, 0.3) is 5.91 Å². The Bertz CT molecular complexity index is 702. The zero-order valence-electron chi connectivity index (χ0n) is 13.5. The lowest BCUT2D eigenvalue weighted by Gasteiger charge is -2.13. The van der Waals surface area contributed by atoms with Crippen LogP contribution < -0.4 is 5.32 Å². The fraction of sp³-hybridized carbons (Fsp3) is 0.211. The fourth-order valence-corrected chi connectivity index (χ4v) is 2.65. The maximum absolute atomic E-state index is 12.5. The summed E-state index contributed by atoms with van der Waals surface area (Å²) in [4.78, 5) is 27.8. The molecule has 1 atom stereocenters. The van der Waals surface area contributed by atoms with E-state index in [1.165, 1.54) is 0 Å². The number of pyridine rings is 1. The molecule has 1 N–H and O–H groups in total. The lowest BCUT2D eigenvalue weighted by Crippen LogP contribution is -2.36. The number of thioether (sulfide) groups is 1. The lowest BCUT2D eigenvalue weighted by molar-refractivity contribution is -0.109. The predicted octanol–water partition coefficient (Wildman–Crippen LogP) is 3.30. The molecule has 0 fully saturated rings. The van der Waals surface area contributed by atoms with Crippen LogP contribution in [-0.2, 0) is 4.79 Å². The third-order valence-corrected chi connectivity index (χ3v) is 4.08. The van der Waals surface area contributed by atoms with Gasteiger partial charge in [-0.15, -0.1) is 0 Å². The summed E-state index contributed by atoms with van der Waals surface area (Å²) in [6.07, 6.45) is 8.83. The Morgan fingerprint density at radius 1 is 1.21 bits per heavy atom. The molecule has 0 bridgehead atoms. The Labute approximate surface area is 146 Å². The topological polar surface area (TPSA) is 59.1 Å². The van der Waals surface area contributed by atoms with Crippen molar-refractivity contribution in [3.05, 3.63) is 65.5 Å². The van der Waals surface area contributed by atoms with E-state index in [2.05, 4.69) is 10.3 Å². The van der Waals surface area contributed by atoms with E-state index in [4.69, 9.17) is 0 Å². The Hall–Kier alpha value is -2.40. The average Bonchev–Trinajstić information content (AvgIpc) is 2.64. The molecule has 0 aliphatic carbocycles. The van der Waals surface area contributed by atoms with Crippen LogP contribution in [0.2, 0.25) is 0 Å². The number of hydrogen-bond acceptors (Lipinski definition) is 4. The van der Waals surface area contributed by atoms with Crippen LogP contribution in [0.3, 0.4) is 0 Å². The number of carbonyl (C=O) groups is 2. The Balaban J connectivity index is 2.14. The first kappa shape index (κ1) is 17.9. The van der Waals surface area contributed by atoms with E-state index in [-0.39, 0.29) is 5.91 Å². The van der Waals surface area contributed by atoms with E-state index in [0.29, 0.717) is 12.0 Å². The number of hydrogen-bond donors (Lipinski definition) is 1. The number of carbonyl (C=O) groups excluding carboxylic acids is 2. The minimum atomic E-state index is -0.460. The quantitative estimate of drug-likeness (QED) is 0.749. The predicted molar refractivity (Wildman–Crippen MR) is 99.9 cm³/mol. The van der Waals surface area contributed by atoms with Crippen LogP contribution in [0.5, 0.6) is 0 Å². The van der Waals surface area contributed by atoms with Gasteiger partial charge in [-0.3, -0.25) is 9.78 Å². The summed E-state index contributed by atoms with van der Waals surface area (Å²) in [5.41, 5.74) is 2.15. The molecule has 0 radical (unpaired) electrons. The first-order valence-electron chi connectivity index (χ1n) is 7.68. The molecule has 124 valence electrons. The fourth-order valence-electron chi connectivity index (χ4n) is 2.16. The molecule has 0 saturated heterocycles. The molecule has 2 rings (SSSR count). The van der Waals surface area contributed by atoms with Crippen LogP contribution in [0, 0.1) is 0 Å². The van der Waals surface area contributed by atoms with Crippen LogP contribution in [0.15, 0.2) is 48.7 Å². The second kappa shape index (κ2) is 9.67. The van der Waals surface area contributed by atoms with Gasteiger partial charge >= 0.3 is 0 Å². The van der Waals surface area contributed by atoms with E-state index in [1.54, 1.807) is 24.0 Å². The van der Waals surface area contributed by atoms with E-state index < -0.39 is 6.04 Å². The standard InChI is InChI=1S/C19H20N2O2S/c1-24-13-11-17(14-22)21-19(23)18-8-3-2-6-15(18)9-10-16-7-4-5-12-20-16/h2-10,12,14,17H,11,13H2,1H3,(H,21,23). The number of aromatic nitrogens is 1. The van der Waals surface area contributed by atoms with Gasteiger partial charge in [-0.2, -0.15) is 11.8 Å². The number of rotatable bonds is 8. The Morgan fingerprint density at radius 3 is 2.71 bits per heavy atom. The second-order valence-electron chi connectivity index (χ2n) is 5.17. The van der Waals surface area contributed by atoms with Crippen molar-refractivity contribution in [1.29, 1.82) is 0 Å². The molecule has 1 heterocycles. The van der Waals surface area contributed by atoms with Crippen LogP contribution in [0.4, 0.5) is 0 Å². The molecule has 1 unspecified atom stereocenters. The summed E-state index contributed by atoms with van der Waals surface area (Å²) in [5.74, 6) is 0.583. The first-order valence-corrected chi connectivity index (χ1v) is 9.07. The van der Waals surface area contributed by atoms with Gasteiger partial charge in [0.1, 0.15) is 6.29 Å². The number of nitrogens with zero attached hydrogens (tertiary/aromatic N) is 1. The molecule has 0 spiro atoms. The molecule has 1 aromatic carbocycles. The molecular formula is C19H20N2O2S. The molecule has 1 aromatic heterocycles. The summed E-state index contributed by atoms with van der Waals surface area (Å²) in [7, 11) is 0. The molecular weight excluding hydrogens is 320 g/mol. The van der Waals surface area contributed by atoms with Gasteiger partial charge in [-0.25, -0.2) is 0 Å². The van der Waals surface area contributed by atoms with Crippen molar-refractivity contribution in [3.63, 3.8) is 0 Å². The maximum atomic E-state index is 12.5. The van der Waals surface area contributed by atoms with Gasteiger partial charge in [0.2, 0.25) is 0 Å². The van der Waals surface area contributed by atoms with Crippen molar-refractivity contribution < 1.29 is 9.59 Å². The molecule has 2 aromatic rings. The molecule has 5 heteroatoms. The van der Waals surface area contributed by atoms with Gasteiger partial charge < -0.3 is 10.1 Å². The van der Waals surface area contributed by atoms with Crippen molar-refractivity contribution in [2.75, 3.05) is 12.0 Å². The van der Waals surface area contributed by atoms with Crippen molar-refractivity contribution in [1.82, 2.24) is 10.3 Å². The summed E-state index contributed by atoms with van der Waals surface area (Å²) < 4.78 is 0. The highest BCUT2D eigenvalue weighted by molar-refractivity contribution is 7.98. The van der Waals surface area contributed by atoms with Gasteiger partial charge in [0.05, 0.1) is 11.7 Å². The zero-order valence-corrected chi connectivity index (χ0v) is 14.3. The summed E-state index contributed by atoms with van der Waals surface area (Å²) >= 11 is 1.65. The van der Waals surface area contributed by atoms with E-state index in [0.717, 1.165) is 23.3 Å². The van der Waals surface area contributed by atoms with Gasteiger partial charge in [-0.05, 0) is 48.3 Å². The van der Waals surface area contributed by atoms with Crippen molar-refractivity contribution in [2.24, 2.45) is 0 Å². The lowest BCUT2D eigenvalue weighted by atomic mass is 10.1. The normalized spacial score (nSPS) is 12.0. The number of amides is 1. The Kier molecular flexibility index (Phi) is 7.23. The zero-order chi connectivity index (χ0) is 17.2. The highest BCUT2D eigenvalue weighted by Crippen LogP contribution is 2.13. The average molecular weight is 340 g/mol. The highest BCUT2D eigenvalue weighted by Gasteiger charge is 2.14. The van der Waals surface area contributed by atoms with E-state index in [1.807, 2.05) is 54.8 Å². The molecule has 1 amide bonds. The van der Waals surface area contributed by atoms with Gasteiger partial charge in [0, 0.05) is 11.8 Å². The molecule has 4 nitrogen and oxygen atoms in total. The monoisotopic (exact) mass is 340 g/mol. The minimum absolute atomic E-state index is 0.241. The molecule has 24 heavy (non-hydrogen) atoms. The third-order valence-electron chi connectivity index (χ3n) is 3.44. The van der Waals surface area contributed by atoms with Gasteiger partial charge in [0.15, 0.2) is 0 Å². The minimum Gasteiger partial charge on any atom is -0.342 e. The SMILES string of the molecule is CSCCC(C=O)NC(=O)c1ccccc1C=Cc1ccccn1. The second-order valence-corrected chi connectivity index (χ2v) is 6.16. The largest absolute Gasteiger partial charge is 0.342 e. The summed E-state index contributed by atoms with van der Waals surface area (Å²) in [6.45, 7) is 0. The Morgan fingerprint density at radius 2 is 2.00 bits per heavy atom. The molecule has 0 aliphatic heterocycles. The molecule has 0 saturated carbocycles. The number of nitrogens with one attached hydrogen (secondary N) is 1. The van der Waals surface area contributed by atoms with Crippen LogP contribution in [-0.4, -0.2) is 35.2 Å². The summed E-state index contributed by atoms with van der Waals surface area (Å²) in [6, 6.07) is 12.5. The number of aldehydes is 1. The molecule has 0 aliphatic rings. The van der Waals surface area contributed by atoms with E-state index >= 15 is 0 Å². The number of benzene rings is 1. The van der Waals surface area contributed by atoms with Crippen LogP contribution in [0.25, 0.3) is 12.2 Å². The van der Waals surface area contributed by atoms with Gasteiger partial charge in [-0.1, -0.05) is 30.3 Å².